The first-order valence-electron chi connectivity index (χ1n) is 8.63. The first-order chi connectivity index (χ1) is 12.7. The topological polar surface area (TPSA) is 76.7 Å². The van der Waals surface area contributed by atoms with Gasteiger partial charge in [-0.15, -0.1) is 0 Å². The van der Waals surface area contributed by atoms with Crippen LogP contribution in [0.4, 0.5) is 0 Å². The first-order valence-corrected chi connectivity index (χ1v) is 8.63. The van der Waals surface area contributed by atoms with Crippen LogP contribution in [0.5, 0.6) is 11.5 Å². The van der Waals surface area contributed by atoms with Crippen molar-refractivity contribution in [1.29, 1.82) is 0 Å². The second-order valence-corrected chi connectivity index (χ2v) is 5.66. The molecule has 2 aromatic carbocycles. The predicted molar refractivity (Wildman–Crippen MR) is 99.4 cm³/mol. The molecule has 0 saturated carbocycles. The van der Waals surface area contributed by atoms with Gasteiger partial charge in [-0.05, 0) is 30.7 Å². The van der Waals surface area contributed by atoms with E-state index < -0.39 is 11.8 Å². The number of methoxy groups -OCH3 is 1. The molecule has 0 unspecified atom stereocenters. The van der Waals surface area contributed by atoms with Crippen LogP contribution in [0.3, 0.4) is 0 Å². The Kier molecular flexibility index (Phi) is 7.49. The Hall–Kier alpha value is -3.02. The van der Waals surface area contributed by atoms with Crippen molar-refractivity contribution in [2.75, 3.05) is 13.7 Å². The molecule has 0 fully saturated rings. The minimum Gasteiger partial charge on any atom is -0.496 e. The van der Waals surface area contributed by atoms with Gasteiger partial charge in [0.2, 0.25) is 0 Å². The molecule has 0 aliphatic heterocycles. The van der Waals surface area contributed by atoms with Crippen LogP contribution < -0.4 is 20.3 Å². The number of hydrogen-bond donors (Lipinski definition) is 2. The molecule has 0 heterocycles. The van der Waals surface area contributed by atoms with E-state index in [0.717, 1.165) is 19.3 Å². The fourth-order valence-electron chi connectivity index (χ4n) is 2.39. The summed E-state index contributed by atoms with van der Waals surface area (Å²) in [7, 11) is 1.48. The maximum atomic E-state index is 12.4. The lowest BCUT2D eigenvalue weighted by molar-refractivity contribution is 0.0842. The van der Waals surface area contributed by atoms with E-state index in [-0.39, 0.29) is 0 Å². The van der Waals surface area contributed by atoms with Gasteiger partial charge in [-0.1, -0.05) is 44.0 Å². The average Bonchev–Trinajstić information content (AvgIpc) is 2.69. The van der Waals surface area contributed by atoms with Crippen molar-refractivity contribution >= 4 is 11.8 Å². The fraction of sp³-hybridized carbons (Fsp3) is 0.300. The van der Waals surface area contributed by atoms with Crippen LogP contribution in [-0.4, -0.2) is 25.5 Å². The van der Waals surface area contributed by atoms with E-state index in [1.54, 1.807) is 48.5 Å². The third-order valence-corrected chi connectivity index (χ3v) is 3.78. The van der Waals surface area contributed by atoms with E-state index in [2.05, 4.69) is 17.8 Å². The Morgan fingerprint density at radius 3 is 1.96 bits per heavy atom. The molecular formula is C20H24N2O4. The van der Waals surface area contributed by atoms with Crippen LogP contribution in [0.15, 0.2) is 48.5 Å². The van der Waals surface area contributed by atoms with Crippen LogP contribution in [-0.2, 0) is 0 Å². The molecule has 0 aromatic heterocycles. The van der Waals surface area contributed by atoms with Gasteiger partial charge < -0.3 is 9.47 Å². The first kappa shape index (κ1) is 19.3. The number of carbonyl (C=O) groups excluding carboxylic acids is 2. The van der Waals surface area contributed by atoms with Crippen LogP contribution in [0.1, 0.15) is 46.9 Å². The van der Waals surface area contributed by atoms with Gasteiger partial charge >= 0.3 is 0 Å². The highest BCUT2D eigenvalue weighted by Crippen LogP contribution is 2.19. The minimum absolute atomic E-state index is 0.333. The molecule has 2 amide bonds. The number of benzene rings is 2. The van der Waals surface area contributed by atoms with E-state index >= 15 is 0 Å². The van der Waals surface area contributed by atoms with Crippen LogP contribution in [0, 0.1) is 0 Å². The summed E-state index contributed by atoms with van der Waals surface area (Å²) in [5.74, 6) is 0.0167. The molecule has 138 valence electrons. The number of hydrogen-bond acceptors (Lipinski definition) is 4. The number of rotatable bonds is 8. The number of para-hydroxylation sites is 2. The van der Waals surface area contributed by atoms with Crippen molar-refractivity contribution in [2.24, 2.45) is 0 Å². The highest BCUT2D eigenvalue weighted by molar-refractivity contribution is 6.01. The van der Waals surface area contributed by atoms with Gasteiger partial charge in [0.25, 0.3) is 11.8 Å². The summed E-state index contributed by atoms with van der Waals surface area (Å²) in [5.41, 5.74) is 5.52. The third-order valence-electron chi connectivity index (χ3n) is 3.78. The number of unbranched alkanes of at least 4 members (excludes halogenated alkanes) is 2. The zero-order chi connectivity index (χ0) is 18.8. The molecule has 0 atom stereocenters. The van der Waals surface area contributed by atoms with E-state index in [1.807, 2.05) is 0 Å². The Labute approximate surface area is 153 Å². The van der Waals surface area contributed by atoms with Crippen molar-refractivity contribution in [3.63, 3.8) is 0 Å². The van der Waals surface area contributed by atoms with Crippen molar-refractivity contribution in [2.45, 2.75) is 26.2 Å². The molecule has 0 radical (unpaired) electrons. The Balaban J connectivity index is 1.98. The second kappa shape index (κ2) is 10.1. The summed E-state index contributed by atoms with van der Waals surface area (Å²) in [6.45, 7) is 2.66. The molecule has 6 heteroatoms. The van der Waals surface area contributed by atoms with Gasteiger partial charge in [0, 0.05) is 0 Å². The van der Waals surface area contributed by atoms with E-state index in [1.165, 1.54) is 7.11 Å². The highest BCUT2D eigenvalue weighted by Gasteiger charge is 2.15. The second-order valence-electron chi connectivity index (χ2n) is 5.66. The number of carbonyl (C=O) groups is 2. The number of nitrogens with one attached hydrogen (secondary N) is 2. The zero-order valence-corrected chi connectivity index (χ0v) is 15.1. The van der Waals surface area contributed by atoms with Gasteiger partial charge in [0.1, 0.15) is 11.5 Å². The lowest BCUT2D eigenvalue weighted by atomic mass is 10.2. The smallest absolute Gasteiger partial charge is 0.273 e. The number of amides is 2. The van der Waals surface area contributed by atoms with E-state index in [9.17, 15) is 9.59 Å². The quantitative estimate of drug-likeness (QED) is 0.562. The van der Waals surface area contributed by atoms with Gasteiger partial charge in [-0.2, -0.15) is 0 Å². The van der Waals surface area contributed by atoms with E-state index in [4.69, 9.17) is 9.47 Å². The number of hydrazine groups is 1. The van der Waals surface area contributed by atoms with E-state index in [0.29, 0.717) is 29.2 Å². The molecule has 26 heavy (non-hydrogen) atoms. The maximum absolute atomic E-state index is 12.4. The molecule has 0 bridgehead atoms. The summed E-state index contributed by atoms with van der Waals surface area (Å²) in [6, 6.07) is 13.7. The SMILES string of the molecule is CCCCCOc1ccccc1C(=O)NNC(=O)c1ccccc1OC. The average molecular weight is 356 g/mol. The molecule has 2 N–H and O–H groups in total. The molecule has 2 aromatic rings. The number of ether oxygens (including phenoxy) is 2. The van der Waals surface area contributed by atoms with Crippen LogP contribution >= 0.6 is 0 Å². The molecule has 0 aliphatic carbocycles. The highest BCUT2D eigenvalue weighted by atomic mass is 16.5. The normalized spacial score (nSPS) is 10.1. The largest absolute Gasteiger partial charge is 0.496 e. The molecule has 0 aliphatic rings. The predicted octanol–water partition coefficient (Wildman–Crippen LogP) is 3.34. The van der Waals surface area contributed by atoms with Crippen molar-refractivity contribution in [3.8, 4) is 11.5 Å². The van der Waals surface area contributed by atoms with Gasteiger partial charge in [-0.25, -0.2) is 0 Å². The summed E-state index contributed by atoms with van der Waals surface area (Å²) < 4.78 is 10.8. The van der Waals surface area contributed by atoms with Crippen LogP contribution in [0.25, 0.3) is 0 Å². The molecule has 6 nitrogen and oxygen atoms in total. The maximum Gasteiger partial charge on any atom is 0.273 e. The van der Waals surface area contributed by atoms with Gasteiger partial charge in [0.05, 0.1) is 24.8 Å². The summed E-state index contributed by atoms with van der Waals surface area (Å²) in [5, 5.41) is 0. The Morgan fingerprint density at radius 1 is 0.846 bits per heavy atom. The van der Waals surface area contributed by atoms with Gasteiger partial charge in [-0.3, -0.25) is 20.4 Å². The monoisotopic (exact) mass is 356 g/mol. The Morgan fingerprint density at radius 2 is 1.38 bits per heavy atom. The lowest BCUT2D eigenvalue weighted by Gasteiger charge is -2.13. The van der Waals surface area contributed by atoms with Crippen molar-refractivity contribution in [3.05, 3.63) is 59.7 Å². The molecule has 0 saturated heterocycles. The van der Waals surface area contributed by atoms with Crippen LogP contribution in [0.2, 0.25) is 0 Å². The summed E-state index contributed by atoms with van der Waals surface area (Å²) in [4.78, 5) is 24.7. The third kappa shape index (κ3) is 5.24. The summed E-state index contributed by atoms with van der Waals surface area (Å²) in [6.07, 6.45) is 3.10. The van der Waals surface area contributed by atoms with Crippen molar-refractivity contribution in [1.82, 2.24) is 10.9 Å². The molecule has 0 spiro atoms. The minimum atomic E-state index is -0.461. The fourth-order valence-corrected chi connectivity index (χ4v) is 2.39. The lowest BCUT2D eigenvalue weighted by Crippen LogP contribution is -2.41. The Bertz CT molecular complexity index is 746. The summed E-state index contributed by atoms with van der Waals surface area (Å²) >= 11 is 0. The zero-order valence-electron chi connectivity index (χ0n) is 15.1. The molecule has 2 rings (SSSR count). The van der Waals surface area contributed by atoms with Crippen molar-refractivity contribution < 1.29 is 19.1 Å². The molecular weight excluding hydrogens is 332 g/mol. The standard InChI is InChI=1S/C20H24N2O4/c1-3-4-9-14-26-18-13-8-6-11-16(18)20(24)22-21-19(23)15-10-5-7-12-17(15)25-2/h5-8,10-13H,3-4,9,14H2,1-2H3,(H,21,23)(H,22,24). The van der Waals surface area contributed by atoms with Gasteiger partial charge in [0.15, 0.2) is 0 Å².